The Bertz CT molecular complexity index is 357. The SMILES string of the molecule is CC(NCc1ccon1)c1cscn1. The van der Waals surface area contributed by atoms with Gasteiger partial charge in [-0.3, -0.25) is 0 Å². The third-order valence-corrected chi connectivity index (χ3v) is 2.58. The molecular formula is C9H11N3OS. The van der Waals surface area contributed by atoms with Crippen molar-refractivity contribution in [2.45, 2.75) is 19.5 Å². The van der Waals surface area contributed by atoms with Crippen LogP contribution in [-0.2, 0) is 6.54 Å². The molecule has 0 fully saturated rings. The lowest BCUT2D eigenvalue weighted by Gasteiger charge is -2.09. The summed E-state index contributed by atoms with van der Waals surface area (Å²) in [5, 5.41) is 9.17. The van der Waals surface area contributed by atoms with Crippen LogP contribution in [0.3, 0.4) is 0 Å². The highest BCUT2D eigenvalue weighted by Crippen LogP contribution is 2.12. The van der Waals surface area contributed by atoms with Gasteiger partial charge in [0, 0.05) is 24.0 Å². The van der Waals surface area contributed by atoms with Gasteiger partial charge in [0.15, 0.2) is 0 Å². The van der Waals surface area contributed by atoms with Crippen molar-refractivity contribution < 1.29 is 4.52 Å². The number of nitrogens with one attached hydrogen (secondary N) is 1. The summed E-state index contributed by atoms with van der Waals surface area (Å²) in [7, 11) is 0. The second kappa shape index (κ2) is 4.34. The summed E-state index contributed by atoms with van der Waals surface area (Å²) < 4.78 is 4.73. The van der Waals surface area contributed by atoms with E-state index in [4.69, 9.17) is 4.52 Å². The molecule has 2 rings (SSSR count). The van der Waals surface area contributed by atoms with Gasteiger partial charge in [-0.25, -0.2) is 4.98 Å². The summed E-state index contributed by atoms with van der Waals surface area (Å²) in [5.74, 6) is 0. The Hall–Kier alpha value is -1.20. The number of nitrogens with zero attached hydrogens (tertiary/aromatic N) is 2. The Morgan fingerprint density at radius 3 is 3.21 bits per heavy atom. The molecule has 0 aliphatic carbocycles. The minimum Gasteiger partial charge on any atom is -0.364 e. The first-order chi connectivity index (χ1) is 6.86. The molecule has 14 heavy (non-hydrogen) atoms. The van der Waals surface area contributed by atoms with Crippen LogP contribution < -0.4 is 5.32 Å². The standard InChI is InChI=1S/C9H11N3OS/c1-7(9-5-14-6-11-9)10-4-8-2-3-13-12-8/h2-3,5-7,10H,4H2,1H3. The fourth-order valence-electron chi connectivity index (χ4n) is 1.13. The van der Waals surface area contributed by atoms with Crippen molar-refractivity contribution in [2.75, 3.05) is 0 Å². The van der Waals surface area contributed by atoms with E-state index in [0.29, 0.717) is 6.54 Å². The minimum absolute atomic E-state index is 0.248. The van der Waals surface area contributed by atoms with Gasteiger partial charge >= 0.3 is 0 Å². The molecule has 4 nitrogen and oxygen atoms in total. The van der Waals surface area contributed by atoms with Gasteiger partial charge in [0.1, 0.15) is 6.26 Å². The molecule has 2 heterocycles. The topological polar surface area (TPSA) is 51.0 Å². The Labute approximate surface area is 86.0 Å². The molecule has 2 aromatic heterocycles. The molecule has 0 saturated heterocycles. The smallest absolute Gasteiger partial charge is 0.124 e. The van der Waals surface area contributed by atoms with Crippen LogP contribution in [0.4, 0.5) is 0 Å². The zero-order valence-corrected chi connectivity index (χ0v) is 8.62. The molecule has 0 radical (unpaired) electrons. The largest absolute Gasteiger partial charge is 0.364 e. The zero-order chi connectivity index (χ0) is 9.80. The fraction of sp³-hybridized carbons (Fsp3) is 0.333. The van der Waals surface area contributed by atoms with Gasteiger partial charge in [-0.1, -0.05) is 5.16 Å². The molecule has 1 unspecified atom stereocenters. The van der Waals surface area contributed by atoms with Crippen LogP contribution in [0, 0.1) is 0 Å². The highest BCUT2D eigenvalue weighted by molar-refractivity contribution is 7.07. The van der Waals surface area contributed by atoms with E-state index in [1.807, 2.05) is 17.0 Å². The van der Waals surface area contributed by atoms with E-state index in [0.717, 1.165) is 11.4 Å². The molecule has 5 heteroatoms. The quantitative estimate of drug-likeness (QED) is 0.836. The Kier molecular flexibility index (Phi) is 2.90. The molecule has 74 valence electrons. The maximum Gasteiger partial charge on any atom is 0.124 e. The minimum atomic E-state index is 0.248. The van der Waals surface area contributed by atoms with Crippen molar-refractivity contribution in [3.63, 3.8) is 0 Å². The average Bonchev–Trinajstić information content (AvgIpc) is 2.87. The third-order valence-electron chi connectivity index (χ3n) is 1.98. The van der Waals surface area contributed by atoms with Crippen LogP contribution in [-0.4, -0.2) is 10.1 Å². The molecule has 1 N–H and O–H groups in total. The third kappa shape index (κ3) is 2.18. The lowest BCUT2D eigenvalue weighted by atomic mass is 10.2. The van der Waals surface area contributed by atoms with Crippen LogP contribution in [0.1, 0.15) is 24.4 Å². The number of hydrogen-bond acceptors (Lipinski definition) is 5. The highest BCUT2D eigenvalue weighted by Gasteiger charge is 2.06. The van der Waals surface area contributed by atoms with Crippen LogP contribution in [0.5, 0.6) is 0 Å². The first kappa shape index (κ1) is 9.36. The van der Waals surface area contributed by atoms with E-state index in [2.05, 4.69) is 22.4 Å². The summed E-state index contributed by atoms with van der Waals surface area (Å²) in [6, 6.07) is 2.10. The van der Waals surface area contributed by atoms with Gasteiger partial charge in [0.2, 0.25) is 0 Å². The lowest BCUT2D eigenvalue weighted by Crippen LogP contribution is -2.18. The average molecular weight is 209 g/mol. The number of hydrogen-bond donors (Lipinski definition) is 1. The first-order valence-electron chi connectivity index (χ1n) is 4.37. The lowest BCUT2D eigenvalue weighted by molar-refractivity contribution is 0.405. The molecule has 0 amide bonds. The zero-order valence-electron chi connectivity index (χ0n) is 7.80. The van der Waals surface area contributed by atoms with E-state index < -0.39 is 0 Å². The predicted molar refractivity (Wildman–Crippen MR) is 53.9 cm³/mol. The van der Waals surface area contributed by atoms with Crippen LogP contribution in [0.2, 0.25) is 0 Å². The number of aromatic nitrogens is 2. The second-order valence-electron chi connectivity index (χ2n) is 3.01. The van der Waals surface area contributed by atoms with Crippen LogP contribution >= 0.6 is 11.3 Å². The van der Waals surface area contributed by atoms with Crippen LogP contribution in [0.15, 0.2) is 27.7 Å². The van der Waals surface area contributed by atoms with Crippen molar-refractivity contribution in [1.82, 2.24) is 15.5 Å². The fourth-order valence-corrected chi connectivity index (χ4v) is 1.77. The molecular weight excluding hydrogens is 198 g/mol. The van der Waals surface area contributed by atoms with Gasteiger partial charge in [0.25, 0.3) is 0 Å². The Morgan fingerprint density at radius 2 is 2.57 bits per heavy atom. The highest BCUT2D eigenvalue weighted by atomic mass is 32.1. The molecule has 0 aliphatic heterocycles. The van der Waals surface area contributed by atoms with Crippen molar-refractivity contribution in [1.29, 1.82) is 0 Å². The molecule has 0 spiro atoms. The van der Waals surface area contributed by atoms with Crippen molar-refractivity contribution in [2.24, 2.45) is 0 Å². The van der Waals surface area contributed by atoms with Gasteiger partial charge in [0.05, 0.1) is 16.9 Å². The van der Waals surface area contributed by atoms with E-state index in [9.17, 15) is 0 Å². The van der Waals surface area contributed by atoms with Crippen molar-refractivity contribution in [3.8, 4) is 0 Å². The summed E-state index contributed by atoms with van der Waals surface area (Å²) >= 11 is 1.61. The van der Waals surface area contributed by atoms with Gasteiger partial charge in [-0.05, 0) is 6.92 Å². The van der Waals surface area contributed by atoms with E-state index >= 15 is 0 Å². The number of rotatable bonds is 4. The summed E-state index contributed by atoms with van der Waals surface area (Å²) in [6.07, 6.45) is 1.57. The van der Waals surface area contributed by atoms with Crippen molar-refractivity contribution >= 4 is 11.3 Å². The van der Waals surface area contributed by atoms with E-state index in [1.165, 1.54) is 0 Å². The molecule has 2 aromatic rings. The predicted octanol–water partition coefficient (Wildman–Crippen LogP) is 1.98. The molecule has 0 saturated carbocycles. The van der Waals surface area contributed by atoms with Gasteiger partial charge in [-0.15, -0.1) is 11.3 Å². The second-order valence-corrected chi connectivity index (χ2v) is 3.73. The Balaban J connectivity index is 1.87. The number of thiazole rings is 1. The Morgan fingerprint density at radius 1 is 1.64 bits per heavy atom. The summed E-state index contributed by atoms with van der Waals surface area (Å²) in [4.78, 5) is 4.23. The summed E-state index contributed by atoms with van der Waals surface area (Å²) in [6.45, 7) is 2.78. The molecule has 0 bridgehead atoms. The first-order valence-corrected chi connectivity index (χ1v) is 5.31. The van der Waals surface area contributed by atoms with Crippen LogP contribution in [0.25, 0.3) is 0 Å². The monoisotopic (exact) mass is 209 g/mol. The van der Waals surface area contributed by atoms with Gasteiger partial charge in [-0.2, -0.15) is 0 Å². The maximum absolute atomic E-state index is 4.73. The van der Waals surface area contributed by atoms with E-state index in [1.54, 1.807) is 17.6 Å². The van der Waals surface area contributed by atoms with Gasteiger partial charge < -0.3 is 9.84 Å². The summed E-state index contributed by atoms with van der Waals surface area (Å²) in [5.41, 5.74) is 3.81. The molecule has 1 atom stereocenters. The molecule has 0 aromatic carbocycles. The molecule has 0 aliphatic rings. The van der Waals surface area contributed by atoms with E-state index in [-0.39, 0.29) is 6.04 Å². The normalized spacial score (nSPS) is 12.9. The maximum atomic E-state index is 4.73. The van der Waals surface area contributed by atoms with Crippen molar-refractivity contribution in [3.05, 3.63) is 34.6 Å².